The summed E-state index contributed by atoms with van der Waals surface area (Å²) in [6, 6.07) is 5.69. The normalized spacial score (nSPS) is 20.2. The molecule has 1 aromatic rings. The highest BCUT2D eigenvalue weighted by molar-refractivity contribution is 9.11. The smallest absolute Gasteiger partial charge is 0.255 e. The summed E-state index contributed by atoms with van der Waals surface area (Å²) in [5.74, 6) is 0.0484. The van der Waals surface area contributed by atoms with Crippen LogP contribution in [-0.2, 0) is 0 Å². The molecular formula is C11H12Br2N2O. The Bertz CT molecular complexity index is 422. The van der Waals surface area contributed by atoms with Crippen molar-refractivity contribution in [3.8, 4) is 0 Å². The molecule has 3 nitrogen and oxygen atoms in total. The zero-order valence-corrected chi connectivity index (χ0v) is 11.8. The van der Waals surface area contributed by atoms with Crippen molar-refractivity contribution in [2.45, 2.75) is 12.5 Å². The third-order valence-corrected chi connectivity index (χ3v) is 3.82. The molecule has 1 atom stereocenters. The number of benzene rings is 1. The van der Waals surface area contributed by atoms with Crippen LogP contribution in [0, 0.1) is 0 Å². The third kappa shape index (κ3) is 2.47. The maximum atomic E-state index is 12.1. The number of carbonyl (C=O) groups is 1. The Morgan fingerprint density at radius 3 is 2.75 bits per heavy atom. The Labute approximate surface area is 111 Å². The minimum Gasteiger partial charge on any atom is -0.337 e. The molecule has 2 rings (SSSR count). The second-order valence-electron chi connectivity index (χ2n) is 3.92. The number of carbonyl (C=O) groups excluding carboxylic acids is 1. The molecular weight excluding hydrogens is 336 g/mol. The van der Waals surface area contributed by atoms with E-state index in [0.717, 1.165) is 21.9 Å². The molecule has 0 saturated carbocycles. The first kappa shape index (κ1) is 12.1. The van der Waals surface area contributed by atoms with Crippen LogP contribution in [0.4, 0.5) is 0 Å². The SMILES string of the molecule is N[C@H]1CCN(C(=O)c2ccc(Br)cc2Br)C1. The Morgan fingerprint density at radius 1 is 1.44 bits per heavy atom. The van der Waals surface area contributed by atoms with Crippen molar-refractivity contribution < 1.29 is 4.79 Å². The van der Waals surface area contributed by atoms with Crippen LogP contribution in [-0.4, -0.2) is 29.9 Å². The van der Waals surface area contributed by atoms with E-state index in [1.165, 1.54) is 0 Å². The van der Waals surface area contributed by atoms with Gasteiger partial charge in [-0.25, -0.2) is 0 Å². The van der Waals surface area contributed by atoms with Gasteiger partial charge in [0, 0.05) is 28.1 Å². The number of halogens is 2. The largest absolute Gasteiger partial charge is 0.337 e. The van der Waals surface area contributed by atoms with Crippen LogP contribution >= 0.6 is 31.9 Å². The first-order valence-electron chi connectivity index (χ1n) is 5.08. The molecule has 86 valence electrons. The number of amides is 1. The molecule has 1 fully saturated rings. The predicted molar refractivity (Wildman–Crippen MR) is 70.3 cm³/mol. The van der Waals surface area contributed by atoms with Crippen LogP contribution in [0.15, 0.2) is 27.1 Å². The third-order valence-electron chi connectivity index (χ3n) is 2.67. The Kier molecular flexibility index (Phi) is 3.66. The summed E-state index contributed by atoms with van der Waals surface area (Å²) in [4.78, 5) is 14.0. The lowest BCUT2D eigenvalue weighted by Gasteiger charge is -2.16. The summed E-state index contributed by atoms with van der Waals surface area (Å²) in [6.07, 6.45) is 0.889. The van der Waals surface area contributed by atoms with Crippen LogP contribution in [0.3, 0.4) is 0 Å². The summed E-state index contributed by atoms with van der Waals surface area (Å²) in [5, 5.41) is 0. The minimum absolute atomic E-state index is 0.0484. The van der Waals surface area contributed by atoms with Crippen LogP contribution in [0.2, 0.25) is 0 Å². The van der Waals surface area contributed by atoms with Gasteiger partial charge in [-0.05, 0) is 40.5 Å². The molecule has 1 amide bonds. The molecule has 0 bridgehead atoms. The van der Waals surface area contributed by atoms with Gasteiger partial charge in [0.05, 0.1) is 5.56 Å². The minimum atomic E-state index is 0.0484. The van der Waals surface area contributed by atoms with E-state index in [0.29, 0.717) is 12.1 Å². The molecule has 0 aromatic heterocycles. The van der Waals surface area contributed by atoms with Crippen LogP contribution in [0.1, 0.15) is 16.8 Å². The Hall–Kier alpha value is -0.390. The number of nitrogens with two attached hydrogens (primary N) is 1. The van der Waals surface area contributed by atoms with Crippen molar-refractivity contribution in [3.05, 3.63) is 32.7 Å². The van der Waals surface area contributed by atoms with Crippen molar-refractivity contribution in [2.24, 2.45) is 5.73 Å². The highest BCUT2D eigenvalue weighted by atomic mass is 79.9. The lowest BCUT2D eigenvalue weighted by molar-refractivity contribution is 0.0790. The molecule has 1 aliphatic heterocycles. The van der Waals surface area contributed by atoms with Crippen molar-refractivity contribution in [2.75, 3.05) is 13.1 Å². The van der Waals surface area contributed by atoms with Gasteiger partial charge >= 0.3 is 0 Å². The average molecular weight is 348 g/mol. The summed E-state index contributed by atoms with van der Waals surface area (Å²) >= 11 is 6.76. The molecule has 2 N–H and O–H groups in total. The van der Waals surface area contributed by atoms with Gasteiger partial charge in [-0.1, -0.05) is 15.9 Å². The van der Waals surface area contributed by atoms with Gasteiger partial charge in [0.1, 0.15) is 0 Å². The Morgan fingerprint density at radius 2 is 2.19 bits per heavy atom. The van der Waals surface area contributed by atoms with Crippen LogP contribution in [0.5, 0.6) is 0 Å². The second kappa shape index (κ2) is 4.85. The molecule has 1 aliphatic rings. The van der Waals surface area contributed by atoms with Crippen molar-refractivity contribution in [1.82, 2.24) is 4.90 Å². The first-order valence-corrected chi connectivity index (χ1v) is 6.66. The van der Waals surface area contributed by atoms with Crippen LogP contribution < -0.4 is 5.73 Å². The van der Waals surface area contributed by atoms with E-state index >= 15 is 0 Å². The molecule has 1 aromatic carbocycles. The summed E-state index contributed by atoms with van der Waals surface area (Å²) in [5.41, 5.74) is 6.48. The van der Waals surface area contributed by atoms with Gasteiger partial charge in [-0.2, -0.15) is 0 Å². The quantitative estimate of drug-likeness (QED) is 0.847. The van der Waals surface area contributed by atoms with Gasteiger partial charge in [0.2, 0.25) is 0 Å². The number of hydrogen-bond acceptors (Lipinski definition) is 2. The molecule has 0 unspecified atom stereocenters. The van der Waals surface area contributed by atoms with E-state index < -0.39 is 0 Å². The fourth-order valence-electron chi connectivity index (χ4n) is 1.81. The number of rotatable bonds is 1. The molecule has 0 spiro atoms. The molecule has 0 aliphatic carbocycles. The average Bonchev–Trinajstić information content (AvgIpc) is 2.64. The van der Waals surface area contributed by atoms with Crippen molar-refractivity contribution in [1.29, 1.82) is 0 Å². The van der Waals surface area contributed by atoms with E-state index in [-0.39, 0.29) is 11.9 Å². The predicted octanol–water partition coefficient (Wildman–Crippen LogP) is 2.38. The summed E-state index contributed by atoms with van der Waals surface area (Å²) in [7, 11) is 0. The standard InChI is InChI=1S/C11H12Br2N2O/c12-7-1-2-9(10(13)5-7)11(16)15-4-3-8(14)6-15/h1-2,5,8H,3-4,6,14H2/t8-/m0/s1. The zero-order chi connectivity index (χ0) is 11.7. The first-order chi connectivity index (χ1) is 7.58. The highest BCUT2D eigenvalue weighted by Gasteiger charge is 2.25. The maximum absolute atomic E-state index is 12.1. The lowest BCUT2D eigenvalue weighted by Crippen LogP contribution is -2.32. The van der Waals surface area contributed by atoms with E-state index in [2.05, 4.69) is 31.9 Å². The summed E-state index contributed by atoms with van der Waals surface area (Å²) in [6.45, 7) is 1.41. The number of nitrogens with zero attached hydrogens (tertiary/aromatic N) is 1. The molecule has 16 heavy (non-hydrogen) atoms. The van der Waals surface area contributed by atoms with Crippen molar-refractivity contribution >= 4 is 37.8 Å². The maximum Gasteiger partial charge on any atom is 0.255 e. The topological polar surface area (TPSA) is 46.3 Å². The number of likely N-dealkylation sites (tertiary alicyclic amines) is 1. The van der Waals surface area contributed by atoms with Gasteiger partial charge in [-0.15, -0.1) is 0 Å². The van der Waals surface area contributed by atoms with Crippen molar-refractivity contribution in [3.63, 3.8) is 0 Å². The second-order valence-corrected chi connectivity index (χ2v) is 5.69. The highest BCUT2D eigenvalue weighted by Crippen LogP contribution is 2.24. The van der Waals surface area contributed by atoms with Gasteiger partial charge in [0.25, 0.3) is 5.91 Å². The summed E-state index contributed by atoms with van der Waals surface area (Å²) < 4.78 is 1.77. The van der Waals surface area contributed by atoms with Gasteiger partial charge < -0.3 is 10.6 Å². The van der Waals surface area contributed by atoms with Gasteiger partial charge in [-0.3, -0.25) is 4.79 Å². The number of hydrogen-bond donors (Lipinski definition) is 1. The monoisotopic (exact) mass is 346 g/mol. The molecule has 5 heteroatoms. The van der Waals surface area contributed by atoms with E-state index in [4.69, 9.17) is 5.73 Å². The molecule has 1 heterocycles. The zero-order valence-electron chi connectivity index (χ0n) is 8.62. The molecule has 0 radical (unpaired) electrons. The van der Waals surface area contributed by atoms with Crippen LogP contribution in [0.25, 0.3) is 0 Å². The van der Waals surface area contributed by atoms with E-state index in [1.807, 2.05) is 18.2 Å². The Balaban J connectivity index is 2.21. The lowest BCUT2D eigenvalue weighted by atomic mass is 10.2. The van der Waals surface area contributed by atoms with E-state index in [1.54, 1.807) is 4.90 Å². The fraction of sp³-hybridized carbons (Fsp3) is 0.364. The fourth-order valence-corrected chi connectivity index (χ4v) is 3.02. The molecule has 1 saturated heterocycles. The van der Waals surface area contributed by atoms with E-state index in [9.17, 15) is 4.79 Å². The van der Waals surface area contributed by atoms with Gasteiger partial charge in [0.15, 0.2) is 0 Å².